The monoisotopic (exact) mass is 447 g/mol. The lowest BCUT2D eigenvalue weighted by atomic mass is 10.1. The van der Waals surface area contributed by atoms with Crippen molar-refractivity contribution in [3.8, 4) is 40.4 Å². The molecule has 4 aromatic rings. The molecule has 0 aliphatic carbocycles. The van der Waals surface area contributed by atoms with Gasteiger partial charge in [0.2, 0.25) is 0 Å². The van der Waals surface area contributed by atoms with E-state index in [9.17, 15) is 5.11 Å². The van der Waals surface area contributed by atoms with Crippen molar-refractivity contribution in [3.05, 3.63) is 36.0 Å². The number of hydrogen-bond acceptors (Lipinski definition) is 9. The molecule has 0 atom stereocenters. The summed E-state index contributed by atoms with van der Waals surface area (Å²) in [5.41, 5.74) is 13.9. The molecule has 0 saturated carbocycles. The van der Waals surface area contributed by atoms with Crippen LogP contribution in [0.4, 0.5) is 5.82 Å². The van der Waals surface area contributed by atoms with Crippen LogP contribution in [0.15, 0.2) is 35.0 Å². The predicted molar refractivity (Wildman–Crippen MR) is 124 cm³/mol. The van der Waals surface area contributed by atoms with Gasteiger partial charge in [0.05, 0.1) is 11.2 Å². The smallest absolute Gasteiger partial charge is 0.199 e. The van der Waals surface area contributed by atoms with Crippen molar-refractivity contribution < 1.29 is 14.5 Å². The molecule has 10 nitrogen and oxygen atoms in total. The Morgan fingerprint density at radius 1 is 1.21 bits per heavy atom. The molecular weight excluding hydrogens is 422 g/mol. The zero-order chi connectivity index (χ0) is 23.6. The highest BCUT2D eigenvalue weighted by atomic mass is 16.6. The number of rotatable bonds is 6. The largest absolute Gasteiger partial charge is 0.492 e. The minimum atomic E-state index is -1.20. The van der Waals surface area contributed by atoms with E-state index < -0.39 is 5.60 Å². The van der Waals surface area contributed by atoms with E-state index in [0.717, 1.165) is 11.1 Å². The Balaban J connectivity index is 1.96. The van der Waals surface area contributed by atoms with E-state index in [4.69, 9.17) is 30.8 Å². The minimum Gasteiger partial charge on any atom is -0.492 e. The van der Waals surface area contributed by atoms with Gasteiger partial charge >= 0.3 is 0 Å². The van der Waals surface area contributed by atoms with E-state index in [0.29, 0.717) is 53.9 Å². The van der Waals surface area contributed by atoms with Gasteiger partial charge in [0.15, 0.2) is 17.3 Å². The summed E-state index contributed by atoms with van der Waals surface area (Å²) in [6.07, 6.45) is 0. The molecule has 0 saturated heterocycles. The molecule has 0 bridgehead atoms. The summed E-state index contributed by atoms with van der Waals surface area (Å²) in [6, 6.07) is 9.51. The van der Waals surface area contributed by atoms with Gasteiger partial charge < -0.3 is 25.9 Å². The number of imidazole rings is 1. The van der Waals surface area contributed by atoms with Crippen LogP contribution in [-0.4, -0.2) is 48.7 Å². The number of pyridine rings is 1. The lowest BCUT2D eigenvalue weighted by molar-refractivity contribution is 0.143. The SMILES string of the molecule is CCn1c(-c2nonc2N)nc2c(C#CC(C)(C)O)nc(-c3cccc(OCCN)c3)cc21. The van der Waals surface area contributed by atoms with E-state index in [2.05, 4.69) is 22.2 Å². The van der Waals surface area contributed by atoms with Crippen LogP contribution in [0.2, 0.25) is 0 Å². The van der Waals surface area contributed by atoms with Gasteiger partial charge in [-0.3, -0.25) is 0 Å². The molecule has 0 amide bonds. The summed E-state index contributed by atoms with van der Waals surface area (Å²) in [5.74, 6) is 7.14. The number of ether oxygens (including phenoxy) is 1. The van der Waals surface area contributed by atoms with E-state index >= 15 is 0 Å². The van der Waals surface area contributed by atoms with Crippen molar-refractivity contribution in [3.63, 3.8) is 0 Å². The van der Waals surface area contributed by atoms with Gasteiger partial charge in [0.25, 0.3) is 0 Å². The fraction of sp³-hybridized carbons (Fsp3) is 0.304. The lowest BCUT2D eigenvalue weighted by Gasteiger charge is -2.09. The Kier molecular flexibility index (Phi) is 6.00. The third-order valence-electron chi connectivity index (χ3n) is 4.78. The Hall–Kier alpha value is -3.94. The topological polar surface area (TPSA) is 151 Å². The van der Waals surface area contributed by atoms with Crippen molar-refractivity contribution in [2.24, 2.45) is 5.73 Å². The maximum Gasteiger partial charge on any atom is 0.199 e. The van der Waals surface area contributed by atoms with Gasteiger partial charge in [-0.15, -0.1) is 0 Å². The lowest BCUT2D eigenvalue weighted by Crippen LogP contribution is -2.14. The fourth-order valence-electron chi connectivity index (χ4n) is 3.34. The highest BCUT2D eigenvalue weighted by molar-refractivity contribution is 5.88. The molecule has 0 radical (unpaired) electrons. The van der Waals surface area contributed by atoms with E-state index in [-0.39, 0.29) is 5.82 Å². The number of anilines is 1. The van der Waals surface area contributed by atoms with Crippen LogP contribution in [0.25, 0.3) is 33.8 Å². The molecule has 0 fully saturated rings. The van der Waals surface area contributed by atoms with Gasteiger partial charge in [-0.05, 0) is 55.2 Å². The minimum absolute atomic E-state index is 0.141. The summed E-state index contributed by atoms with van der Waals surface area (Å²) < 4.78 is 12.4. The Labute approximate surface area is 190 Å². The Morgan fingerprint density at radius 2 is 2.03 bits per heavy atom. The molecule has 10 heteroatoms. The molecule has 0 aliphatic heterocycles. The molecule has 0 spiro atoms. The number of aliphatic hydroxyl groups is 1. The highest BCUT2D eigenvalue weighted by Gasteiger charge is 2.21. The van der Waals surface area contributed by atoms with Crippen LogP contribution in [0.1, 0.15) is 26.5 Å². The molecule has 3 aromatic heterocycles. The first-order valence-electron chi connectivity index (χ1n) is 10.5. The van der Waals surface area contributed by atoms with Crippen LogP contribution in [0.3, 0.4) is 0 Å². The van der Waals surface area contributed by atoms with Crippen molar-refractivity contribution in [2.45, 2.75) is 32.9 Å². The zero-order valence-electron chi connectivity index (χ0n) is 18.7. The van der Waals surface area contributed by atoms with Gasteiger partial charge in [-0.2, -0.15) is 0 Å². The van der Waals surface area contributed by atoms with Crippen LogP contribution in [0, 0.1) is 11.8 Å². The summed E-state index contributed by atoms with van der Waals surface area (Å²) in [4.78, 5) is 9.47. The first-order chi connectivity index (χ1) is 15.8. The maximum absolute atomic E-state index is 10.1. The Bertz CT molecular complexity index is 1360. The fourth-order valence-corrected chi connectivity index (χ4v) is 3.34. The first kappa shape index (κ1) is 22.3. The zero-order valence-corrected chi connectivity index (χ0v) is 18.7. The summed E-state index contributed by atoms with van der Waals surface area (Å²) >= 11 is 0. The second-order valence-corrected chi connectivity index (χ2v) is 7.88. The van der Waals surface area contributed by atoms with Crippen molar-refractivity contribution in [1.82, 2.24) is 24.8 Å². The molecule has 0 unspecified atom stereocenters. The molecule has 170 valence electrons. The average Bonchev–Trinajstić information content (AvgIpc) is 3.38. The molecule has 1 aromatic carbocycles. The van der Waals surface area contributed by atoms with Gasteiger partial charge in [0, 0.05) is 18.7 Å². The van der Waals surface area contributed by atoms with Gasteiger partial charge in [0.1, 0.15) is 29.2 Å². The number of aromatic nitrogens is 5. The van der Waals surface area contributed by atoms with Gasteiger partial charge in [-0.25, -0.2) is 14.6 Å². The molecule has 0 aliphatic rings. The predicted octanol–water partition coefficient (Wildman–Crippen LogP) is 2.21. The standard InChI is InChI=1S/C23H25N7O3/c1-4-30-18-13-17(14-6-5-7-15(12-14)32-11-10-24)26-16(8-9-23(2,3)31)19(18)27-22(30)20-21(25)29-33-28-20/h5-7,12-13,31H,4,10-11,24H2,1-3H3,(H2,25,29). The third-order valence-corrected chi connectivity index (χ3v) is 4.78. The molecule has 5 N–H and O–H groups in total. The number of hydrogen-bond donors (Lipinski definition) is 3. The summed E-state index contributed by atoms with van der Waals surface area (Å²) in [6.45, 7) is 6.62. The second kappa shape index (κ2) is 8.90. The number of nitrogens with zero attached hydrogens (tertiary/aromatic N) is 5. The molecule has 33 heavy (non-hydrogen) atoms. The Morgan fingerprint density at radius 3 is 2.70 bits per heavy atom. The first-order valence-corrected chi connectivity index (χ1v) is 10.5. The van der Waals surface area contributed by atoms with E-state index in [1.807, 2.05) is 41.8 Å². The van der Waals surface area contributed by atoms with Crippen molar-refractivity contribution in [1.29, 1.82) is 0 Å². The van der Waals surface area contributed by atoms with Crippen LogP contribution < -0.4 is 16.2 Å². The van der Waals surface area contributed by atoms with Gasteiger partial charge in [-0.1, -0.05) is 18.1 Å². The molecule has 4 rings (SSSR count). The van der Waals surface area contributed by atoms with E-state index in [1.54, 1.807) is 13.8 Å². The maximum atomic E-state index is 10.1. The van der Waals surface area contributed by atoms with Crippen LogP contribution in [-0.2, 0) is 6.54 Å². The number of aryl methyl sites for hydroxylation is 1. The van der Waals surface area contributed by atoms with Crippen LogP contribution >= 0.6 is 0 Å². The number of benzene rings is 1. The highest BCUT2D eigenvalue weighted by Crippen LogP contribution is 2.31. The van der Waals surface area contributed by atoms with Crippen molar-refractivity contribution in [2.75, 3.05) is 18.9 Å². The van der Waals surface area contributed by atoms with Crippen molar-refractivity contribution >= 4 is 16.9 Å². The summed E-state index contributed by atoms with van der Waals surface area (Å²) in [5, 5.41) is 17.7. The quantitative estimate of drug-likeness (QED) is 0.378. The molecule has 3 heterocycles. The number of nitrogens with two attached hydrogens (primary N) is 2. The second-order valence-electron chi connectivity index (χ2n) is 7.88. The number of fused-ring (bicyclic) bond motifs is 1. The number of nitrogen functional groups attached to an aromatic ring is 1. The molecular formula is C23H25N7O3. The normalized spacial score (nSPS) is 11.4. The van der Waals surface area contributed by atoms with E-state index in [1.165, 1.54) is 0 Å². The van der Waals surface area contributed by atoms with Crippen LogP contribution in [0.5, 0.6) is 5.75 Å². The third kappa shape index (κ3) is 4.64. The summed E-state index contributed by atoms with van der Waals surface area (Å²) in [7, 11) is 0. The average molecular weight is 447 g/mol.